The molecule has 0 amide bonds. The van der Waals surface area contributed by atoms with E-state index in [0.29, 0.717) is 0 Å². The minimum atomic E-state index is -0.216. The molecule has 1 N–H and O–H groups in total. The van der Waals surface area contributed by atoms with Crippen molar-refractivity contribution in [2.24, 2.45) is 0 Å². The number of hydrogen-bond donors (Lipinski definition) is 1. The number of hydrogen-bond acceptors (Lipinski definition) is 3. The predicted molar refractivity (Wildman–Crippen MR) is 82.4 cm³/mol. The van der Waals surface area contributed by atoms with Crippen molar-refractivity contribution in [3.63, 3.8) is 0 Å². The summed E-state index contributed by atoms with van der Waals surface area (Å²) in [5.74, 6) is 1.07. The largest absolute Gasteiger partial charge is 0.493 e. The number of likely N-dealkylation sites (N-methyl/N-ethyl adjacent to an activating group) is 1. The quantitative estimate of drug-likeness (QED) is 0.827. The molecule has 1 aromatic carbocycles. The van der Waals surface area contributed by atoms with Crippen LogP contribution in [0, 0.1) is 0 Å². The van der Waals surface area contributed by atoms with E-state index in [1.165, 1.54) is 11.1 Å². The third-order valence-electron chi connectivity index (χ3n) is 4.25. The van der Waals surface area contributed by atoms with Crippen LogP contribution in [0.5, 0.6) is 5.75 Å². The average Bonchev–Trinajstić information content (AvgIpc) is 2.93. The van der Waals surface area contributed by atoms with Crippen LogP contribution in [0.25, 0.3) is 0 Å². The highest BCUT2D eigenvalue weighted by Gasteiger charge is 2.36. The van der Waals surface area contributed by atoms with Crippen molar-refractivity contribution in [2.45, 2.75) is 52.2 Å². The summed E-state index contributed by atoms with van der Waals surface area (Å²) in [7, 11) is 0. The first-order valence-corrected chi connectivity index (χ1v) is 7.78. The average molecular weight is 277 g/mol. The molecule has 0 radical (unpaired) electrons. The van der Waals surface area contributed by atoms with Gasteiger partial charge in [-0.25, -0.2) is 0 Å². The Bertz CT molecular complexity index is 447. The summed E-state index contributed by atoms with van der Waals surface area (Å²) in [5.41, 5.74) is 2.34. The van der Waals surface area contributed by atoms with Gasteiger partial charge in [0, 0.05) is 18.6 Å². The predicted octanol–water partition coefficient (Wildman–Crippen LogP) is 3.48. The summed E-state index contributed by atoms with van der Waals surface area (Å²) in [6, 6.07) is 6.63. The first-order chi connectivity index (χ1) is 9.66. The third kappa shape index (κ3) is 2.84. The fraction of sp³-hybridized carbons (Fsp3) is 0.647. The van der Waals surface area contributed by atoms with Crippen LogP contribution >= 0.6 is 0 Å². The summed E-state index contributed by atoms with van der Waals surface area (Å²) in [6.07, 6.45) is 1.97. The van der Waals surface area contributed by atoms with Gasteiger partial charge in [-0.05, 0) is 32.4 Å². The molecule has 3 heteroatoms. The molecule has 0 fully saturated rings. The Labute approximate surface area is 122 Å². The van der Waals surface area contributed by atoms with Crippen molar-refractivity contribution in [3.05, 3.63) is 29.3 Å². The molecule has 2 unspecified atom stereocenters. The second kappa shape index (κ2) is 6.59. The Morgan fingerprint density at radius 3 is 2.80 bits per heavy atom. The molecule has 0 saturated carbocycles. The van der Waals surface area contributed by atoms with Gasteiger partial charge >= 0.3 is 0 Å². The number of nitrogens with one attached hydrogen (secondary N) is 1. The fourth-order valence-electron chi connectivity index (χ4n) is 3.05. The topological polar surface area (TPSA) is 30.5 Å². The van der Waals surface area contributed by atoms with Gasteiger partial charge in [0.15, 0.2) is 0 Å². The summed E-state index contributed by atoms with van der Waals surface area (Å²) >= 11 is 0. The second-order valence-electron chi connectivity index (χ2n) is 5.52. The van der Waals surface area contributed by atoms with Crippen LogP contribution in [-0.4, -0.2) is 25.4 Å². The molecule has 2 rings (SSSR count). The highest BCUT2D eigenvalue weighted by Crippen LogP contribution is 2.40. The number of para-hydroxylation sites is 1. The van der Waals surface area contributed by atoms with Crippen LogP contribution < -0.4 is 10.1 Å². The summed E-state index contributed by atoms with van der Waals surface area (Å²) < 4.78 is 12.0. The number of rotatable bonds is 7. The van der Waals surface area contributed by atoms with Crippen molar-refractivity contribution >= 4 is 0 Å². The van der Waals surface area contributed by atoms with E-state index in [1.807, 2.05) is 0 Å². The van der Waals surface area contributed by atoms with Gasteiger partial charge in [-0.2, -0.15) is 0 Å². The maximum atomic E-state index is 6.09. The molecular formula is C17H27NO2. The molecule has 112 valence electrons. The normalized spacial score (nSPS) is 18.2. The van der Waals surface area contributed by atoms with Crippen molar-refractivity contribution in [3.8, 4) is 5.75 Å². The lowest BCUT2D eigenvalue weighted by molar-refractivity contribution is -0.0564. The Hall–Kier alpha value is -1.06. The lowest BCUT2D eigenvalue weighted by atomic mass is 9.86. The van der Waals surface area contributed by atoms with Crippen LogP contribution in [0.1, 0.15) is 51.3 Å². The molecule has 0 spiro atoms. The van der Waals surface area contributed by atoms with Crippen molar-refractivity contribution < 1.29 is 9.47 Å². The van der Waals surface area contributed by atoms with Gasteiger partial charge in [-0.1, -0.05) is 32.0 Å². The third-order valence-corrected chi connectivity index (χ3v) is 4.25. The first kappa shape index (κ1) is 15.3. The van der Waals surface area contributed by atoms with Gasteiger partial charge in [-0.15, -0.1) is 0 Å². The molecule has 1 aliphatic heterocycles. The van der Waals surface area contributed by atoms with Crippen molar-refractivity contribution in [2.75, 3.05) is 19.8 Å². The molecule has 3 nitrogen and oxygen atoms in total. The van der Waals surface area contributed by atoms with E-state index in [9.17, 15) is 0 Å². The monoisotopic (exact) mass is 277 g/mol. The molecule has 0 aliphatic carbocycles. The zero-order chi connectivity index (χ0) is 14.6. The lowest BCUT2D eigenvalue weighted by Gasteiger charge is -2.38. The van der Waals surface area contributed by atoms with Gasteiger partial charge in [0.1, 0.15) is 5.75 Å². The van der Waals surface area contributed by atoms with Gasteiger partial charge in [0.25, 0.3) is 0 Å². The van der Waals surface area contributed by atoms with Crippen molar-refractivity contribution in [1.82, 2.24) is 5.32 Å². The number of fused-ring (bicyclic) bond motifs is 1. The van der Waals surface area contributed by atoms with E-state index >= 15 is 0 Å². The van der Waals surface area contributed by atoms with Crippen LogP contribution in [0.4, 0.5) is 0 Å². The smallest absolute Gasteiger partial charge is 0.127 e. The molecule has 1 aliphatic rings. The molecule has 1 aromatic rings. The van der Waals surface area contributed by atoms with Gasteiger partial charge in [-0.3, -0.25) is 0 Å². The van der Waals surface area contributed by atoms with Gasteiger partial charge < -0.3 is 14.8 Å². The molecule has 0 saturated heterocycles. The maximum absolute atomic E-state index is 6.09. The summed E-state index contributed by atoms with van der Waals surface area (Å²) in [5, 5.41) is 3.60. The van der Waals surface area contributed by atoms with E-state index in [2.05, 4.69) is 51.2 Å². The van der Waals surface area contributed by atoms with E-state index in [-0.39, 0.29) is 11.6 Å². The molecule has 0 bridgehead atoms. The maximum Gasteiger partial charge on any atom is 0.127 e. The molecular weight excluding hydrogens is 250 g/mol. The zero-order valence-electron chi connectivity index (χ0n) is 13.2. The molecule has 0 aromatic heterocycles. The second-order valence-corrected chi connectivity index (χ2v) is 5.52. The van der Waals surface area contributed by atoms with Crippen LogP contribution in [0.15, 0.2) is 18.2 Å². The highest BCUT2D eigenvalue weighted by atomic mass is 16.5. The van der Waals surface area contributed by atoms with Crippen molar-refractivity contribution in [1.29, 1.82) is 0 Å². The molecule has 1 heterocycles. The SMILES string of the molecule is CCNC(c1cccc2c1OCC2)C(C)(CC)OCC. The lowest BCUT2D eigenvalue weighted by Crippen LogP contribution is -2.43. The standard InChI is InChI=1S/C17H27NO2/c1-5-17(4,20-7-3)16(18-6-2)14-10-8-9-13-11-12-19-15(13)14/h8-10,16,18H,5-7,11-12H2,1-4H3. The minimum Gasteiger partial charge on any atom is -0.493 e. The Morgan fingerprint density at radius 1 is 1.35 bits per heavy atom. The Balaban J connectivity index is 2.40. The Morgan fingerprint density at radius 2 is 2.15 bits per heavy atom. The van der Waals surface area contributed by atoms with E-state index < -0.39 is 0 Å². The summed E-state index contributed by atoms with van der Waals surface area (Å²) in [6.45, 7) is 11.0. The van der Waals surface area contributed by atoms with E-state index in [1.54, 1.807) is 0 Å². The Kier molecular flexibility index (Phi) is 5.06. The fourth-order valence-corrected chi connectivity index (χ4v) is 3.05. The minimum absolute atomic E-state index is 0.158. The van der Waals surface area contributed by atoms with Crippen LogP contribution in [0.3, 0.4) is 0 Å². The zero-order valence-corrected chi connectivity index (χ0v) is 13.2. The highest BCUT2D eigenvalue weighted by molar-refractivity contribution is 5.46. The van der Waals surface area contributed by atoms with E-state index in [4.69, 9.17) is 9.47 Å². The summed E-state index contributed by atoms with van der Waals surface area (Å²) in [4.78, 5) is 0. The van der Waals surface area contributed by atoms with Crippen LogP contribution in [-0.2, 0) is 11.2 Å². The first-order valence-electron chi connectivity index (χ1n) is 7.78. The number of ether oxygens (including phenoxy) is 2. The molecule has 20 heavy (non-hydrogen) atoms. The number of benzene rings is 1. The van der Waals surface area contributed by atoms with Crippen LogP contribution in [0.2, 0.25) is 0 Å². The van der Waals surface area contributed by atoms with Gasteiger partial charge in [0.2, 0.25) is 0 Å². The van der Waals surface area contributed by atoms with E-state index in [0.717, 1.165) is 38.3 Å². The van der Waals surface area contributed by atoms with Gasteiger partial charge in [0.05, 0.1) is 18.2 Å². The molecule has 2 atom stereocenters.